The molecule has 0 spiro atoms. The SMILES string of the molecule is Cc1nc(CNC(=O)[C@H](N)C(C)C)oc1C. The summed E-state index contributed by atoms with van der Waals surface area (Å²) in [5.74, 6) is 1.23. The molecule has 5 nitrogen and oxygen atoms in total. The molecule has 1 rings (SSSR count). The molecular formula is C11H19N3O2. The Hall–Kier alpha value is -1.36. The molecule has 0 saturated carbocycles. The number of aryl methyl sites for hydroxylation is 2. The summed E-state index contributed by atoms with van der Waals surface area (Å²) in [4.78, 5) is 15.7. The zero-order valence-corrected chi connectivity index (χ0v) is 10.2. The summed E-state index contributed by atoms with van der Waals surface area (Å²) in [5, 5.41) is 2.70. The summed E-state index contributed by atoms with van der Waals surface area (Å²) in [6, 6.07) is -0.489. The van der Waals surface area contributed by atoms with Crippen LogP contribution in [0, 0.1) is 19.8 Å². The Kier molecular flexibility index (Phi) is 4.06. The van der Waals surface area contributed by atoms with Crippen molar-refractivity contribution < 1.29 is 9.21 Å². The van der Waals surface area contributed by atoms with Crippen LogP contribution in [-0.4, -0.2) is 16.9 Å². The van der Waals surface area contributed by atoms with Crippen molar-refractivity contribution in [2.45, 2.75) is 40.3 Å². The molecule has 1 aromatic rings. The van der Waals surface area contributed by atoms with E-state index in [2.05, 4.69) is 10.3 Å². The van der Waals surface area contributed by atoms with Crippen LogP contribution in [0.2, 0.25) is 0 Å². The van der Waals surface area contributed by atoms with E-state index in [4.69, 9.17) is 10.2 Å². The van der Waals surface area contributed by atoms with Crippen LogP contribution in [-0.2, 0) is 11.3 Å². The number of aromatic nitrogens is 1. The lowest BCUT2D eigenvalue weighted by atomic mass is 10.1. The Morgan fingerprint density at radius 2 is 2.12 bits per heavy atom. The normalized spacial score (nSPS) is 12.9. The molecule has 5 heteroatoms. The zero-order chi connectivity index (χ0) is 12.3. The molecule has 0 saturated heterocycles. The molecule has 16 heavy (non-hydrogen) atoms. The number of amides is 1. The van der Waals surface area contributed by atoms with E-state index in [9.17, 15) is 4.79 Å². The predicted molar refractivity (Wildman–Crippen MR) is 60.6 cm³/mol. The van der Waals surface area contributed by atoms with E-state index in [0.717, 1.165) is 11.5 Å². The van der Waals surface area contributed by atoms with Gasteiger partial charge in [0.05, 0.1) is 18.3 Å². The fourth-order valence-electron chi connectivity index (χ4n) is 1.20. The average Bonchev–Trinajstić information content (AvgIpc) is 2.53. The van der Waals surface area contributed by atoms with Crippen molar-refractivity contribution in [2.24, 2.45) is 11.7 Å². The molecule has 90 valence electrons. The highest BCUT2D eigenvalue weighted by Gasteiger charge is 2.17. The summed E-state index contributed by atoms with van der Waals surface area (Å²) >= 11 is 0. The van der Waals surface area contributed by atoms with E-state index in [-0.39, 0.29) is 18.4 Å². The highest BCUT2D eigenvalue weighted by atomic mass is 16.4. The standard InChI is InChI=1S/C11H19N3O2/c1-6(2)10(12)11(15)13-5-9-14-7(3)8(4)16-9/h6,10H,5,12H2,1-4H3,(H,13,15)/t10-/m1/s1. The Balaban J connectivity index is 2.49. The summed E-state index contributed by atoms with van der Waals surface area (Å²) in [6.45, 7) is 7.80. The Labute approximate surface area is 95.4 Å². The average molecular weight is 225 g/mol. The molecule has 1 amide bonds. The second-order valence-electron chi connectivity index (χ2n) is 4.24. The first kappa shape index (κ1) is 12.7. The number of carbonyl (C=O) groups is 1. The fraction of sp³-hybridized carbons (Fsp3) is 0.636. The summed E-state index contributed by atoms with van der Waals surface area (Å²) in [6.07, 6.45) is 0. The van der Waals surface area contributed by atoms with Gasteiger partial charge in [0, 0.05) is 0 Å². The topological polar surface area (TPSA) is 81.2 Å². The van der Waals surface area contributed by atoms with Crippen molar-refractivity contribution in [3.05, 3.63) is 17.3 Å². The van der Waals surface area contributed by atoms with Crippen molar-refractivity contribution in [1.29, 1.82) is 0 Å². The Bertz CT molecular complexity index is 352. The maximum Gasteiger partial charge on any atom is 0.237 e. The molecule has 0 aliphatic rings. The summed E-state index contributed by atoms with van der Waals surface area (Å²) in [7, 11) is 0. The molecule has 0 aliphatic heterocycles. The minimum absolute atomic E-state index is 0.119. The van der Waals surface area contributed by atoms with Crippen LogP contribution < -0.4 is 11.1 Å². The van der Waals surface area contributed by atoms with Gasteiger partial charge in [0.2, 0.25) is 11.8 Å². The van der Waals surface area contributed by atoms with E-state index in [0.29, 0.717) is 5.89 Å². The van der Waals surface area contributed by atoms with Crippen molar-refractivity contribution in [3.63, 3.8) is 0 Å². The maximum absolute atomic E-state index is 11.5. The largest absolute Gasteiger partial charge is 0.444 e. The van der Waals surface area contributed by atoms with Gasteiger partial charge in [0.15, 0.2) is 0 Å². The van der Waals surface area contributed by atoms with Gasteiger partial charge in [-0.15, -0.1) is 0 Å². The first-order valence-corrected chi connectivity index (χ1v) is 5.38. The number of hydrogen-bond acceptors (Lipinski definition) is 4. The predicted octanol–water partition coefficient (Wildman–Crippen LogP) is 0.891. The molecule has 0 fully saturated rings. The highest BCUT2D eigenvalue weighted by Crippen LogP contribution is 2.08. The molecule has 1 aromatic heterocycles. The molecule has 0 aliphatic carbocycles. The molecule has 0 bridgehead atoms. The molecular weight excluding hydrogens is 206 g/mol. The van der Waals surface area contributed by atoms with E-state index < -0.39 is 6.04 Å². The number of hydrogen-bond donors (Lipinski definition) is 2. The van der Waals surface area contributed by atoms with Crippen LogP contribution >= 0.6 is 0 Å². The van der Waals surface area contributed by atoms with E-state index in [1.165, 1.54) is 0 Å². The van der Waals surface area contributed by atoms with Gasteiger partial charge in [0.25, 0.3) is 0 Å². The molecule has 0 unspecified atom stereocenters. The number of nitrogens with two attached hydrogens (primary N) is 1. The van der Waals surface area contributed by atoms with Crippen LogP contribution in [0.4, 0.5) is 0 Å². The lowest BCUT2D eigenvalue weighted by molar-refractivity contribution is -0.123. The lowest BCUT2D eigenvalue weighted by Gasteiger charge is -2.14. The Morgan fingerprint density at radius 1 is 1.50 bits per heavy atom. The number of nitrogens with one attached hydrogen (secondary N) is 1. The summed E-state index contributed by atoms with van der Waals surface area (Å²) < 4.78 is 5.34. The van der Waals surface area contributed by atoms with Crippen LogP contribution in [0.5, 0.6) is 0 Å². The first-order valence-electron chi connectivity index (χ1n) is 5.38. The Morgan fingerprint density at radius 3 is 2.56 bits per heavy atom. The molecule has 0 radical (unpaired) electrons. The van der Waals surface area contributed by atoms with Gasteiger partial charge in [0.1, 0.15) is 5.76 Å². The van der Waals surface area contributed by atoms with Gasteiger partial charge >= 0.3 is 0 Å². The third-order valence-electron chi connectivity index (χ3n) is 2.51. The van der Waals surface area contributed by atoms with E-state index >= 15 is 0 Å². The van der Waals surface area contributed by atoms with E-state index in [1.807, 2.05) is 27.7 Å². The van der Waals surface area contributed by atoms with Gasteiger partial charge in [-0.1, -0.05) is 13.8 Å². The van der Waals surface area contributed by atoms with Crippen LogP contribution in [0.1, 0.15) is 31.2 Å². The maximum atomic E-state index is 11.5. The third kappa shape index (κ3) is 3.06. The van der Waals surface area contributed by atoms with Crippen molar-refractivity contribution in [1.82, 2.24) is 10.3 Å². The number of nitrogens with zero attached hydrogens (tertiary/aromatic N) is 1. The third-order valence-corrected chi connectivity index (χ3v) is 2.51. The lowest BCUT2D eigenvalue weighted by Crippen LogP contribution is -2.43. The zero-order valence-electron chi connectivity index (χ0n) is 10.2. The molecule has 0 aromatic carbocycles. The second kappa shape index (κ2) is 5.12. The van der Waals surface area contributed by atoms with Crippen molar-refractivity contribution in [2.75, 3.05) is 0 Å². The van der Waals surface area contributed by atoms with Gasteiger partial charge in [-0.25, -0.2) is 4.98 Å². The summed E-state index contributed by atoms with van der Waals surface area (Å²) in [5.41, 5.74) is 6.54. The minimum atomic E-state index is -0.489. The highest BCUT2D eigenvalue weighted by molar-refractivity contribution is 5.81. The number of rotatable bonds is 4. The minimum Gasteiger partial charge on any atom is -0.444 e. The molecule has 1 heterocycles. The molecule has 1 atom stereocenters. The van der Waals surface area contributed by atoms with Gasteiger partial charge < -0.3 is 15.5 Å². The number of carbonyl (C=O) groups excluding carboxylic acids is 1. The number of oxazole rings is 1. The van der Waals surface area contributed by atoms with E-state index in [1.54, 1.807) is 0 Å². The van der Waals surface area contributed by atoms with Crippen LogP contribution in [0.15, 0.2) is 4.42 Å². The van der Waals surface area contributed by atoms with Crippen molar-refractivity contribution in [3.8, 4) is 0 Å². The van der Waals surface area contributed by atoms with Crippen LogP contribution in [0.3, 0.4) is 0 Å². The fourth-order valence-corrected chi connectivity index (χ4v) is 1.20. The monoisotopic (exact) mass is 225 g/mol. The van der Waals surface area contributed by atoms with Crippen molar-refractivity contribution >= 4 is 5.91 Å². The van der Waals surface area contributed by atoms with Gasteiger partial charge in [-0.2, -0.15) is 0 Å². The first-order chi connectivity index (χ1) is 7.41. The smallest absolute Gasteiger partial charge is 0.237 e. The molecule has 3 N–H and O–H groups in total. The van der Waals surface area contributed by atoms with Gasteiger partial charge in [-0.05, 0) is 19.8 Å². The quantitative estimate of drug-likeness (QED) is 0.797. The van der Waals surface area contributed by atoms with Gasteiger partial charge in [-0.3, -0.25) is 4.79 Å². The second-order valence-corrected chi connectivity index (χ2v) is 4.24. The van der Waals surface area contributed by atoms with Crippen LogP contribution in [0.25, 0.3) is 0 Å².